The first-order chi connectivity index (χ1) is 5.47. The lowest BCUT2D eigenvalue weighted by Crippen LogP contribution is -2.08. The van der Waals surface area contributed by atoms with Gasteiger partial charge < -0.3 is 4.72 Å². The van der Waals surface area contributed by atoms with Crippen LogP contribution in [0.15, 0.2) is 28.7 Å². The maximum atomic E-state index is 11.2. The van der Waals surface area contributed by atoms with E-state index in [-0.39, 0.29) is 0 Å². The predicted octanol–water partition coefficient (Wildman–Crippen LogP) is 2.12. The summed E-state index contributed by atoms with van der Waals surface area (Å²) >= 11 is 3.32. The van der Waals surface area contributed by atoms with Crippen LogP contribution >= 0.6 is 15.9 Å². The first kappa shape index (κ1) is 9.61. The topological polar surface area (TPSA) is 29.1 Å². The van der Waals surface area contributed by atoms with Gasteiger partial charge in [-0.15, -0.1) is 0 Å². The molecule has 0 heterocycles. The SMILES string of the molecule is C=S(C)(=O)Nc1cccc(Br)c1. The van der Waals surface area contributed by atoms with Crippen molar-refractivity contribution in [2.75, 3.05) is 11.0 Å². The maximum Gasteiger partial charge on any atom is 0.0467 e. The standard InChI is InChI=1S/C8H10BrNOS/c1-12(2,11)10-8-5-3-4-7(9)6-8/h3-6H,1H2,2H3,(H,10,11). The Morgan fingerprint density at radius 2 is 2.25 bits per heavy atom. The van der Waals surface area contributed by atoms with E-state index in [1.54, 1.807) is 6.26 Å². The van der Waals surface area contributed by atoms with Gasteiger partial charge in [0.25, 0.3) is 0 Å². The van der Waals surface area contributed by atoms with Crippen LogP contribution in [0.2, 0.25) is 0 Å². The average Bonchev–Trinajstić information content (AvgIpc) is 1.82. The van der Waals surface area contributed by atoms with Gasteiger partial charge in [-0.05, 0) is 24.1 Å². The highest BCUT2D eigenvalue weighted by Gasteiger charge is 1.95. The lowest BCUT2D eigenvalue weighted by atomic mass is 10.3. The highest BCUT2D eigenvalue weighted by atomic mass is 79.9. The van der Waals surface area contributed by atoms with Gasteiger partial charge in [-0.2, -0.15) is 0 Å². The number of anilines is 1. The number of nitrogens with one attached hydrogen (secondary N) is 1. The summed E-state index contributed by atoms with van der Waals surface area (Å²) in [4.78, 5) is 0. The smallest absolute Gasteiger partial charge is 0.0467 e. The number of benzene rings is 1. The second kappa shape index (κ2) is 3.49. The second-order valence-corrected chi connectivity index (χ2v) is 5.75. The van der Waals surface area contributed by atoms with Crippen molar-refractivity contribution < 1.29 is 4.21 Å². The van der Waals surface area contributed by atoms with E-state index in [0.29, 0.717) is 0 Å². The molecule has 0 amide bonds. The molecule has 0 aliphatic carbocycles. The molecule has 1 atom stereocenters. The van der Waals surface area contributed by atoms with Crippen molar-refractivity contribution >= 4 is 37.2 Å². The molecule has 0 aliphatic heterocycles. The molecule has 0 aromatic heterocycles. The summed E-state index contributed by atoms with van der Waals surface area (Å²) in [6, 6.07) is 7.48. The molecule has 0 bridgehead atoms. The van der Waals surface area contributed by atoms with Crippen LogP contribution in [0.5, 0.6) is 0 Å². The lowest BCUT2D eigenvalue weighted by Gasteiger charge is -2.06. The van der Waals surface area contributed by atoms with Crippen LogP contribution in [0, 0.1) is 0 Å². The molecule has 4 heteroatoms. The lowest BCUT2D eigenvalue weighted by molar-refractivity contribution is 0.688. The Balaban J connectivity index is 2.91. The Hall–Kier alpha value is -0.480. The van der Waals surface area contributed by atoms with Gasteiger partial charge in [-0.3, -0.25) is 0 Å². The summed E-state index contributed by atoms with van der Waals surface area (Å²) in [7, 11) is -2.16. The first-order valence-corrected chi connectivity index (χ1v) is 6.26. The molecule has 0 fully saturated rings. The van der Waals surface area contributed by atoms with Crippen LogP contribution in [-0.2, 0) is 9.71 Å². The Morgan fingerprint density at radius 3 is 2.75 bits per heavy atom. The van der Waals surface area contributed by atoms with E-state index in [4.69, 9.17) is 0 Å². The molecule has 1 unspecified atom stereocenters. The van der Waals surface area contributed by atoms with Crippen LogP contribution < -0.4 is 4.72 Å². The minimum atomic E-state index is -2.16. The third-order valence-electron chi connectivity index (χ3n) is 1.16. The zero-order chi connectivity index (χ0) is 9.19. The predicted molar refractivity (Wildman–Crippen MR) is 59.0 cm³/mol. The zero-order valence-electron chi connectivity index (χ0n) is 6.71. The molecule has 66 valence electrons. The zero-order valence-corrected chi connectivity index (χ0v) is 9.11. The van der Waals surface area contributed by atoms with E-state index >= 15 is 0 Å². The van der Waals surface area contributed by atoms with Crippen LogP contribution in [0.4, 0.5) is 5.69 Å². The fourth-order valence-corrected chi connectivity index (χ4v) is 1.83. The third-order valence-corrected chi connectivity index (χ3v) is 2.32. The summed E-state index contributed by atoms with van der Waals surface area (Å²) in [5.41, 5.74) is 0.812. The van der Waals surface area contributed by atoms with Crippen LogP contribution in [0.3, 0.4) is 0 Å². The summed E-state index contributed by atoms with van der Waals surface area (Å²) in [5, 5.41) is 0. The fraction of sp³-hybridized carbons (Fsp3) is 0.125. The van der Waals surface area contributed by atoms with Gasteiger partial charge in [0.05, 0.1) is 0 Å². The third kappa shape index (κ3) is 3.28. The van der Waals surface area contributed by atoms with Gasteiger partial charge in [-0.25, -0.2) is 4.21 Å². The van der Waals surface area contributed by atoms with Gasteiger partial charge in [0.1, 0.15) is 0 Å². The number of hydrogen-bond acceptors (Lipinski definition) is 1. The van der Waals surface area contributed by atoms with Crippen LogP contribution in [-0.4, -0.2) is 16.3 Å². The molecule has 1 aromatic carbocycles. The minimum absolute atomic E-state index is 0.812. The Kier molecular flexibility index (Phi) is 2.80. The van der Waals surface area contributed by atoms with Crippen molar-refractivity contribution in [3.05, 3.63) is 28.7 Å². The maximum absolute atomic E-state index is 11.2. The Bertz CT molecular complexity index is 372. The molecular weight excluding hydrogens is 238 g/mol. The highest BCUT2D eigenvalue weighted by Crippen LogP contribution is 2.16. The van der Waals surface area contributed by atoms with Crippen molar-refractivity contribution in [2.24, 2.45) is 0 Å². The molecule has 0 saturated carbocycles. The largest absolute Gasteiger partial charge is 0.313 e. The minimum Gasteiger partial charge on any atom is -0.313 e. The van der Waals surface area contributed by atoms with Crippen molar-refractivity contribution in [2.45, 2.75) is 0 Å². The molecule has 0 aliphatic rings. The van der Waals surface area contributed by atoms with E-state index in [1.807, 2.05) is 24.3 Å². The monoisotopic (exact) mass is 247 g/mol. The summed E-state index contributed by atoms with van der Waals surface area (Å²) < 4.78 is 15.0. The van der Waals surface area contributed by atoms with E-state index in [0.717, 1.165) is 10.2 Å². The molecule has 2 nitrogen and oxygen atoms in total. The first-order valence-electron chi connectivity index (χ1n) is 3.33. The molecule has 0 spiro atoms. The van der Waals surface area contributed by atoms with Crippen LogP contribution in [0.25, 0.3) is 0 Å². The molecule has 0 radical (unpaired) electrons. The van der Waals surface area contributed by atoms with Crippen molar-refractivity contribution in [1.29, 1.82) is 0 Å². The fourth-order valence-electron chi connectivity index (χ4n) is 0.801. The molecule has 12 heavy (non-hydrogen) atoms. The number of hydrogen-bond donors (Lipinski definition) is 1. The summed E-state index contributed by atoms with van der Waals surface area (Å²) in [6.07, 6.45) is 1.56. The summed E-state index contributed by atoms with van der Waals surface area (Å²) in [6.45, 7) is 0. The van der Waals surface area contributed by atoms with E-state index < -0.39 is 9.71 Å². The second-order valence-electron chi connectivity index (χ2n) is 2.62. The number of halogens is 1. The van der Waals surface area contributed by atoms with Gasteiger partial charge >= 0.3 is 0 Å². The van der Waals surface area contributed by atoms with Gasteiger partial charge in [-0.1, -0.05) is 22.0 Å². The van der Waals surface area contributed by atoms with Gasteiger partial charge in [0.2, 0.25) is 0 Å². The Labute approximate surface area is 81.3 Å². The van der Waals surface area contributed by atoms with E-state index in [2.05, 4.69) is 26.5 Å². The van der Waals surface area contributed by atoms with Gasteiger partial charge in [0.15, 0.2) is 0 Å². The molecule has 1 aromatic rings. The van der Waals surface area contributed by atoms with E-state index in [1.165, 1.54) is 0 Å². The van der Waals surface area contributed by atoms with Crippen molar-refractivity contribution in [1.82, 2.24) is 0 Å². The van der Waals surface area contributed by atoms with Crippen molar-refractivity contribution in [3.8, 4) is 0 Å². The molecule has 1 N–H and O–H groups in total. The Morgan fingerprint density at radius 1 is 1.58 bits per heavy atom. The van der Waals surface area contributed by atoms with E-state index in [9.17, 15) is 4.21 Å². The molecular formula is C8H10BrNOS. The van der Waals surface area contributed by atoms with Crippen molar-refractivity contribution in [3.63, 3.8) is 0 Å². The highest BCUT2D eigenvalue weighted by molar-refractivity contribution is 9.10. The molecule has 1 rings (SSSR count). The number of rotatable bonds is 2. The van der Waals surface area contributed by atoms with Gasteiger partial charge in [0, 0.05) is 26.1 Å². The average molecular weight is 248 g/mol. The normalized spacial score (nSPS) is 15.2. The summed E-state index contributed by atoms with van der Waals surface area (Å²) in [5.74, 6) is 3.50. The molecule has 0 saturated heterocycles. The van der Waals surface area contributed by atoms with Crippen LogP contribution in [0.1, 0.15) is 0 Å². The quantitative estimate of drug-likeness (QED) is 0.798.